The number of phosphoric acid groups is 1. The monoisotopic (exact) mass is 550 g/mol. The van der Waals surface area contributed by atoms with Crippen LogP contribution in [0.4, 0.5) is 0 Å². The fourth-order valence-electron chi connectivity index (χ4n) is 4.19. The van der Waals surface area contributed by atoms with E-state index in [4.69, 9.17) is 19.3 Å². The van der Waals surface area contributed by atoms with E-state index in [2.05, 4.69) is 11.4 Å². The molecule has 1 aliphatic rings. The molecule has 1 aliphatic carbocycles. The van der Waals surface area contributed by atoms with Crippen LogP contribution in [0.25, 0.3) is 0 Å². The first-order valence-electron chi connectivity index (χ1n) is 12.8. The van der Waals surface area contributed by atoms with Crippen LogP contribution >= 0.6 is 7.82 Å². The Balaban J connectivity index is 2.39. The highest BCUT2D eigenvalue weighted by Gasteiger charge is 2.39. The van der Waals surface area contributed by atoms with E-state index < -0.39 is 57.4 Å². The minimum atomic E-state index is -4.76. The maximum absolute atomic E-state index is 11.9. The number of unbranched alkanes of at least 4 members (excludes halogenated alkanes) is 3. The molecule has 0 aromatic carbocycles. The molecule has 1 rings (SSSR count). The summed E-state index contributed by atoms with van der Waals surface area (Å²) >= 11 is 0. The van der Waals surface area contributed by atoms with Crippen molar-refractivity contribution in [2.75, 3.05) is 13.2 Å². The van der Waals surface area contributed by atoms with Gasteiger partial charge < -0.3 is 34.6 Å². The normalized spacial score (nSPS) is 24.0. The highest BCUT2D eigenvalue weighted by molar-refractivity contribution is 7.46. The second kappa shape index (κ2) is 17.8. The standard InChI is InChI=1S/C25H43O11P/c1-3-4-7-10-19(27)13-14-22-21(23(28)15-24(22)29)11-8-5-6-9-12-25(30)34-16-20(36-18(2)26)17-35-37(31,32)33/h5,8,13-14,19-24,27-29H,3-4,6-7,9-12,15-17H2,1-2H3,(H2,31,32,33)/b8-5+,14-13+/t19-,20+,21+,22+,23-,24+/m0/s1. The average Bonchev–Trinajstić information content (AvgIpc) is 3.07. The molecule has 37 heavy (non-hydrogen) atoms. The number of hydrogen-bond donors (Lipinski definition) is 5. The van der Waals surface area contributed by atoms with Gasteiger partial charge in [0.2, 0.25) is 0 Å². The summed E-state index contributed by atoms with van der Waals surface area (Å²) in [4.78, 5) is 40.5. The number of aliphatic hydroxyl groups excluding tert-OH is 3. The van der Waals surface area contributed by atoms with Crippen LogP contribution in [0, 0.1) is 11.8 Å². The quantitative estimate of drug-likeness (QED) is 0.0732. The van der Waals surface area contributed by atoms with Crippen molar-refractivity contribution in [3.8, 4) is 0 Å². The molecule has 0 amide bonds. The lowest BCUT2D eigenvalue weighted by Crippen LogP contribution is -2.28. The Labute approximate surface area is 218 Å². The number of ether oxygens (including phenoxy) is 2. The number of carbonyl (C=O) groups is 2. The average molecular weight is 551 g/mol. The van der Waals surface area contributed by atoms with Crippen molar-refractivity contribution in [1.29, 1.82) is 0 Å². The predicted octanol–water partition coefficient (Wildman–Crippen LogP) is 2.54. The zero-order valence-corrected chi connectivity index (χ0v) is 22.6. The van der Waals surface area contributed by atoms with Crippen LogP contribution < -0.4 is 0 Å². The number of rotatable bonds is 18. The molecular weight excluding hydrogens is 507 g/mol. The fraction of sp³-hybridized carbons (Fsp3) is 0.760. The summed E-state index contributed by atoms with van der Waals surface area (Å²) in [6.07, 6.45) is 10.1. The highest BCUT2D eigenvalue weighted by Crippen LogP contribution is 2.37. The maximum Gasteiger partial charge on any atom is 0.469 e. The Morgan fingerprint density at radius 1 is 1.08 bits per heavy atom. The van der Waals surface area contributed by atoms with E-state index in [1.807, 2.05) is 18.2 Å². The van der Waals surface area contributed by atoms with Gasteiger partial charge in [0.1, 0.15) is 6.61 Å². The first-order chi connectivity index (χ1) is 17.4. The lowest BCUT2D eigenvalue weighted by molar-refractivity contribution is -0.159. The van der Waals surface area contributed by atoms with E-state index in [0.717, 1.165) is 26.2 Å². The minimum Gasteiger partial charge on any atom is -0.462 e. The third kappa shape index (κ3) is 15.4. The van der Waals surface area contributed by atoms with E-state index in [-0.39, 0.29) is 18.3 Å². The minimum absolute atomic E-state index is 0.0858. The summed E-state index contributed by atoms with van der Waals surface area (Å²) in [5.41, 5.74) is 0. The van der Waals surface area contributed by atoms with E-state index in [1.165, 1.54) is 0 Å². The summed E-state index contributed by atoms with van der Waals surface area (Å²) in [5, 5.41) is 30.8. The zero-order valence-electron chi connectivity index (χ0n) is 21.7. The van der Waals surface area contributed by atoms with Crippen LogP contribution in [0.1, 0.15) is 71.6 Å². The van der Waals surface area contributed by atoms with Gasteiger partial charge in [-0.1, -0.05) is 50.5 Å². The summed E-state index contributed by atoms with van der Waals surface area (Å²) in [5.74, 6) is -1.67. The third-order valence-electron chi connectivity index (χ3n) is 6.09. The molecule has 0 unspecified atom stereocenters. The van der Waals surface area contributed by atoms with Gasteiger partial charge in [-0.25, -0.2) is 4.57 Å². The molecule has 5 N–H and O–H groups in total. The van der Waals surface area contributed by atoms with Crippen LogP contribution in [0.2, 0.25) is 0 Å². The van der Waals surface area contributed by atoms with Crippen molar-refractivity contribution in [3.63, 3.8) is 0 Å². The summed E-state index contributed by atoms with van der Waals surface area (Å²) in [6.45, 7) is 2.21. The molecule has 0 radical (unpaired) electrons. The molecule has 0 spiro atoms. The first kappa shape index (κ1) is 33.4. The largest absolute Gasteiger partial charge is 0.469 e. The van der Waals surface area contributed by atoms with Crippen LogP contribution in [-0.4, -0.2) is 74.7 Å². The molecule has 12 heteroatoms. The molecule has 0 aromatic heterocycles. The van der Waals surface area contributed by atoms with Gasteiger partial charge in [-0.05, 0) is 31.6 Å². The molecule has 6 atom stereocenters. The van der Waals surface area contributed by atoms with Crippen LogP contribution in [0.3, 0.4) is 0 Å². The molecule has 1 saturated carbocycles. The Morgan fingerprint density at radius 3 is 2.46 bits per heavy atom. The van der Waals surface area contributed by atoms with Gasteiger partial charge in [-0.2, -0.15) is 0 Å². The lowest BCUT2D eigenvalue weighted by Gasteiger charge is -2.19. The van der Waals surface area contributed by atoms with E-state index in [1.54, 1.807) is 6.08 Å². The molecular formula is C25H43O11P. The number of esters is 2. The Kier molecular flexibility index (Phi) is 16.1. The predicted molar refractivity (Wildman–Crippen MR) is 135 cm³/mol. The van der Waals surface area contributed by atoms with Gasteiger partial charge in [-0.15, -0.1) is 0 Å². The smallest absolute Gasteiger partial charge is 0.462 e. The number of carbonyl (C=O) groups excluding carboxylic acids is 2. The Bertz CT molecular complexity index is 779. The number of hydrogen-bond acceptors (Lipinski definition) is 9. The van der Waals surface area contributed by atoms with Crippen molar-refractivity contribution >= 4 is 19.8 Å². The van der Waals surface area contributed by atoms with Crippen LogP contribution in [-0.2, 0) is 28.2 Å². The van der Waals surface area contributed by atoms with Crippen LogP contribution in [0.5, 0.6) is 0 Å². The van der Waals surface area contributed by atoms with Gasteiger partial charge in [0.05, 0.1) is 24.9 Å². The summed E-state index contributed by atoms with van der Waals surface area (Å²) < 4.78 is 24.9. The number of aliphatic hydroxyl groups is 3. The Hall–Kier alpha value is -1.59. The second-order valence-electron chi connectivity index (χ2n) is 9.36. The topological polar surface area (TPSA) is 180 Å². The first-order valence-corrected chi connectivity index (χ1v) is 14.4. The molecule has 0 bridgehead atoms. The van der Waals surface area contributed by atoms with Crippen molar-refractivity contribution in [2.24, 2.45) is 11.8 Å². The second-order valence-corrected chi connectivity index (χ2v) is 10.6. The molecule has 214 valence electrons. The van der Waals surface area contributed by atoms with E-state index >= 15 is 0 Å². The molecule has 0 aromatic rings. The fourth-order valence-corrected chi connectivity index (χ4v) is 4.55. The zero-order chi connectivity index (χ0) is 27.8. The summed E-state index contributed by atoms with van der Waals surface area (Å²) in [6, 6.07) is 0. The van der Waals surface area contributed by atoms with E-state index in [9.17, 15) is 29.5 Å². The van der Waals surface area contributed by atoms with Crippen molar-refractivity contribution in [2.45, 2.75) is 96.1 Å². The van der Waals surface area contributed by atoms with Crippen molar-refractivity contribution < 1.29 is 53.3 Å². The molecule has 0 saturated heterocycles. The summed E-state index contributed by atoms with van der Waals surface area (Å²) in [7, 11) is -4.76. The van der Waals surface area contributed by atoms with Gasteiger partial charge >= 0.3 is 19.8 Å². The van der Waals surface area contributed by atoms with Gasteiger partial charge in [0.25, 0.3) is 0 Å². The molecule has 1 fully saturated rings. The van der Waals surface area contributed by atoms with Crippen molar-refractivity contribution in [3.05, 3.63) is 24.3 Å². The van der Waals surface area contributed by atoms with Gasteiger partial charge in [0.15, 0.2) is 6.10 Å². The third-order valence-corrected chi connectivity index (χ3v) is 6.58. The van der Waals surface area contributed by atoms with Gasteiger partial charge in [0, 0.05) is 25.7 Å². The molecule has 11 nitrogen and oxygen atoms in total. The van der Waals surface area contributed by atoms with Gasteiger partial charge in [-0.3, -0.25) is 14.1 Å². The maximum atomic E-state index is 11.9. The lowest BCUT2D eigenvalue weighted by atomic mass is 9.89. The molecule has 0 aliphatic heterocycles. The van der Waals surface area contributed by atoms with Crippen molar-refractivity contribution in [1.82, 2.24) is 0 Å². The number of phosphoric ester groups is 1. The SMILES string of the molecule is CCCCC[C@H](O)/C=C/[C@@H]1[C@@H](C/C=C/CCCC(=O)OC[C@H](COP(=O)(O)O)OC(C)=O)[C@@H](O)C[C@H]1O. The highest BCUT2D eigenvalue weighted by atomic mass is 31.2. The Morgan fingerprint density at radius 2 is 1.81 bits per heavy atom. The van der Waals surface area contributed by atoms with Crippen LogP contribution in [0.15, 0.2) is 24.3 Å². The number of allylic oxidation sites excluding steroid dienone is 2. The van der Waals surface area contributed by atoms with E-state index in [0.29, 0.717) is 32.1 Å². The molecule has 0 heterocycles.